The van der Waals surface area contributed by atoms with Gasteiger partial charge in [-0.05, 0) is 38.0 Å². The number of benzene rings is 1. The van der Waals surface area contributed by atoms with Gasteiger partial charge in [-0.1, -0.05) is 0 Å². The Labute approximate surface area is 164 Å². The van der Waals surface area contributed by atoms with Crippen LogP contribution in [0, 0.1) is 0 Å². The van der Waals surface area contributed by atoms with E-state index in [9.17, 15) is 18.0 Å². The quantitative estimate of drug-likeness (QED) is 0.621. The topological polar surface area (TPSA) is 129 Å². The van der Waals surface area contributed by atoms with Crippen molar-refractivity contribution < 1.29 is 8.42 Å². The second-order valence-corrected chi connectivity index (χ2v) is 10.1. The number of hydrogen-bond donors (Lipinski definition) is 2. The van der Waals surface area contributed by atoms with Gasteiger partial charge in [0, 0.05) is 23.7 Å². The lowest BCUT2D eigenvalue weighted by molar-refractivity contribution is 0.558. The molecule has 1 aliphatic rings. The lowest BCUT2D eigenvalue weighted by Crippen LogP contribution is -2.39. The fourth-order valence-electron chi connectivity index (χ4n) is 3.03. The molecule has 148 valence electrons. The molecule has 1 aromatic carbocycles. The second-order valence-electron chi connectivity index (χ2n) is 7.24. The highest BCUT2D eigenvalue weighted by Crippen LogP contribution is 2.36. The number of nitrogens with two attached hydrogens (primary N) is 1. The van der Waals surface area contributed by atoms with Crippen molar-refractivity contribution in [3.8, 4) is 0 Å². The number of sulfonamides is 1. The minimum Gasteiger partial charge on any atom is -0.375 e. The summed E-state index contributed by atoms with van der Waals surface area (Å²) in [6.07, 6.45) is 3.06. The Hall–Kier alpha value is -2.50. The molecule has 1 saturated carbocycles. The molecule has 3 aromatic rings. The predicted octanol–water partition coefficient (Wildman–Crippen LogP) is 0.618. The average Bonchev–Trinajstić information content (AvgIpc) is 3.20. The third-order valence-electron chi connectivity index (χ3n) is 4.90. The van der Waals surface area contributed by atoms with E-state index < -0.39 is 26.8 Å². The molecule has 11 heteroatoms. The monoisotopic (exact) mass is 421 g/mol. The van der Waals surface area contributed by atoms with Crippen LogP contribution in [0.5, 0.6) is 0 Å². The number of aromatic nitrogens is 3. The number of anilines is 1. The lowest BCUT2D eigenvalue weighted by atomic mass is 10.2. The maximum Gasteiger partial charge on any atom is 0.331 e. The van der Waals surface area contributed by atoms with Crippen molar-refractivity contribution in [2.75, 3.05) is 5.73 Å². The summed E-state index contributed by atoms with van der Waals surface area (Å²) in [6, 6.07) is 4.21. The van der Waals surface area contributed by atoms with Crippen molar-refractivity contribution in [2.45, 2.75) is 36.7 Å². The van der Waals surface area contributed by atoms with Crippen molar-refractivity contribution in [1.29, 1.82) is 0 Å². The van der Waals surface area contributed by atoms with Gasteiger partial charge in [0.2, 0.25) is 10.0 Å². The molecule has 2 aromatic heterocycles. The van der Waals surface area contributed by atoms with E-state index in [1.54, 1.807) is 7.05 Å². The van der Waals surface area contributed by atoms with E-state index in [0.717, 1.165) is 17.4 Å². The molecule has 3 N–H and O–H groups in total. The zero-order valence-corrected chi connectivity index (χ0v) is 16.9. The number of fused-ring (bicyclic) bond motifs is 1. The molecule has 0 bridgehead atoms. The van der Waals surface area contributed by atoms with E-state index in [1.807, 2.05) is 6.92 Å². The van der Waals surface area contributed by atoms with E-state index in [1.165, 1.54) is 40.3 Å². The number of nitrogen functional groups attached to an aromatic ring is 1. The zero-order chi connectivity index (χ0) is 20.3. The third-order valence-corrected chi connectivity index (χ3v) is 7.35. The minimum absolute atomic E-state index is 0.00235. The first kappa shape index (κ1) is 18.8. The summed E-state index contributed by atoms with van der Waals surface area (Å²) >= 11 is 1.18. The van der Waals surface area contributed by atoms with Gasteiger partial charge in [-0.2, -0.15) is 0 Å². The molecule has 4 rings (SSSR count). The summed E-state index contributed by atoms with van der Waals surface area (Å²) in [7, 11) is -2.22. The normalized spacial score (nSPS) is 15.8. The molecule has 1 aliphatic carbocycles. The summed E-state index contributed by atoms with van der Waals surface area (Å²) in [4.78, 5) is 30.2. The molecule has 9 nitrogen and oxygen atoms in total. The van der Waals surface area contributed by atoms with Crippen LogP contribution in [0.15, 0.2) is 38.9 Å². The highest BCUT2D eigenvalue weighted by molar-refractivity contribution is 7.89. The molecule has 0 atom stereocenters. The minimum atomic E-state index is -3.77. The van der Waals surface area contributed by atoms with Gasteiger partial charge in [0.15, 0.2) is 5.13 Å². The van der Waals surface area contributed by atoms with E-state index in [4.69, 9.17) is 5.73 Å². The fraction of sp³-hybridized carbons (Fsp3) is 0.353. The van der Waals surface area contributed by atoms with E-state index in [2.05, 4.69) is 9.71 Å². The Morgan fingerprint density at radius 1 is 1.32 bits per heavy atom. The van der Waals surface area contributed by atoms with Crippen LogP contribution in [0.2, 0.25) is 0 Å². The van der Waals surface area contributed by atoms with E-state index >= 15 is 0 Å². The van der Waals surface area contributed by atoms with Crippen LogP contribution in [-0.2, 0) is 23.6 Å². The van der Waals surface area contributed by atoms with Crippen molar-refractivity contribution >= 4 is 37.4 Å². The Bertz CT molecular complexity index is 1320. The first-order valence-corrected chi connectivity index (χ1v) is 10.9. The standard InChI is InChI=1S/C17H19N5O4S2/c1-17(5-6-17)20-28(25,26)11-3-4-13-12(7-11)14(23)22(16(24)21(13)2)9-10-8-19-15(18)27-10/h3-4,7-8,20H,5-6,9H2,1-2H3,(H2,18,19). The van der Waals surface area contributed by atoms with Gasteiger partial charge in [-0.25, -0.2) is 22.9 Å². The molecule has 0 saturated heterocycles. The first-order chi connectivity index (χ1) is 13.1. The van der Waals surface area contributed by atoms with Crippen molar-refractivity contribution in [3.63, 3.8) is 0 Å². The number of nitrogens with zero attached hydrogens (tertiary/aromatic N) is 3. The molecule has 0 spiro atoms. The van der Waals surface area contributed by atoms with E-state index in [-0.39, 0.29) is 16.8 Å². The molecule has 0 radical (unpaired) electrons. The largest absolute Gasteiger partial charge is 0.375 e. The van der Waals surface area contributed by atoms with Crippen LogP contribution < -0.4 is 21.7 Å². The smallest absolute Gasteiger partial charge is 0.331 e. The highest BCUT2D eigenvalue weighted by atomic mass is 32.2. The number of thiazole rings is 1. The molecule has 2 heterocycles. The van der Waals surface area contributed by atoms with Crippen LogP contribution in [0.25, 0.3) is 10.9 Å². The van der Waals surface area contributed by atoms with Gasteiger partial charge < -0.3 is 5.73 Å². The number of rotatable bonds is 5. The zero-order valence-electron chi connectivity index (χ0n) is 15.3. The lowest BCUT2D eigenvalue weighted by Gasteiger charge is -2.14. The molecular formula is C17H19N5O4S2. The summed E-state index contributed by atoms with van der Waals surface area (Å²) in [5.74, 6) is 0. The highest BCUT2D eigenvalue weighted by Gasteiger charge is 2.41. The Morgan fingerprint density at radius 3 is 2.64 bits per heavy atom. The molecule has 0 amide bonds. The second kappa shape index (κ2) is 6.26. The van der Waals surface area contributed by atoms with Crippen molar-refractivity contribution in [3.05, 3.63) is 50.1 Å². The summed E-state index contributed by atoms with van der Waals surface area (Å²) in [5, 5.41) is 0.497. The predicted molar refractivity (Wildman–Crippen MR) is 107 cm³/mol. The molecule has 28 heavy (non-hydrogen) atoms. The Kier molecular flexibility index (Phi) is 4.21. The van der Waals surface area contributed by atoms with Crippen LogP contribution >= 0.6 is 11.3 Å². The van der Waals surface area contributed by atoms with E-state index in [0.29, 0.717) is 15.5 Å². The maximum absolute atomic E-state index is 13.0. The van der Waals surface area contributed by atoms with Gasteiger partial charge in [0.25, 0.3) is 5.56 Å². The van der Waals surface area contributed by atoms with Gasteiger partial charge in [0.05, 0.1) is 22.3 Å². The summed E-state index contributed by atoms with van der Waals surface area (Å²) in [6.45, 7) is 1.85. The number of nitrogens with one attached hydrogen (secondary N) is 1. The number of hydrogen-bond acceptors (Lipinski definition) is 7. The van der Waals surface area contributed by atoms with Gasteiger partial charge in [-0.3, -0.25) is 13.9 Å². The molecule has 0 aliphatic heterocycles. The van der Waals surface area contributed by atoms with Crippen LogP contribution in [-0.4, -0.2) is 28.1 Å². The average molecular weight is 422 g/mol. The molecule has 0 unspecified atom stereocenters. The summed E-state index contributed by atoms with van der Waals surface area (Å²) < 4.78 is 30.4. The maximum atomic E-state index is 13.0. The Balaban J connectivity index is 1.86. The first-order valence-electron chi connectivity index (χ1n) is 8.57. The van der Waals surface area contributed by atoms with Crippen molar-refractivity contribution in [1.82, 2.24) is 18.8 Å². The van der Waals surface area contributed by atoms with Gasteiger partial charge in [0.1, 0.15) is 0 Å². The summed E-state index contributed by atoms with van der Waals surface area (Å²) in [5.41, 5.74) is 4.50. The fourth-order valence-corrected chi connectivity index (χ4v) is 5.19. The van der Waals surface area contributed by atoms with Gasteiger partial charge in [-0.15, -0.1) is 11.3 Å². The van der Waals surface area contributed by atoms with Crippen LogP contribution in [0.1, 0.15) is 24.6 Å². The SMILES string of the molecule is Cn1c(=O)n(Cc2cnc(N)s2)c(=O)c2cc(S(=O)(=O)NC3(C)CC3)ccc21. The molecular weight excluding hydrogens is 402 g/mol. The molecule has 1 fully saturated rings. The van der Waals surface area contributed by atoms with Crippen molar-refractivity contribution in [2.24, 2.45) is 7.05 Å². The van der Waals surface area contributed by atoms with Crippen LogP contribution in [0.3, 0.4) is 0 Å². The van der Waals surface area contributed by atoms with Crippen LogP contribution in [0.4, 0.5) is 5.13 Å². The third kappa shape index (κ3) is 3.25. The number of aryl methyl sites for hydroxylation is 1. The van der Waals surface area contributed by atoms with Gasteiger partial charge >= 0.3 is 5.69 Å². The Morgan fingerprint density at radius 2 is 2.04 bits per heavy atom.